The molecule has 2 aromatic rings. The maximum Gasteiger partial charge on any atom is 0.416 e. The number of nitrogens with zero attached hydrogens (tertiary/aromatic N) is 2. The van der Waals surface area contributed by atoms with Crippen LogP contribution in [-0.2, 0) is 6.18 Å². The molecule has 20 heavy (non-hydrogen) atoms. The first kappa shape index (κ1) is 13.3. The Morgan fingerprint density at radius 3 is 2.60 bits per heavy atom. The van der Waals surface area contributed by atoms with E-state index < -0.39 is 11.7 Å². The van der Waals surface area contributed by atoms with E-state index in [1.807, 2.05) is 4.57 Å². The van der Waals surface area contributed by atoms with E-state index in [9.17, 15) is 13.2 Å². The highest BCUT2D eigenvalue weighted by Gasteiger charge is 2.32. The van der Waals surface area contributed by atoms with Gasteiger partial charge in [-0.3, -0.25) is 0 Å². The summed E-state index contributed by atoms with van der Waals surface area (Å²) < 4.78 is 40.0. The molecule has 0 spiro atoms. The molecule has 3 rings (SSSR count). The standard InChI is InChI=1S/C14H16F3N3/c1-8(9-3-2-4-9)20-12-6-5-10(14(15,16)17)7-11(12)19-13(20)18/h5-9H,2-4H2,1H3,(H2,18,19). The molecule has 2 N–H and O–H groups in total. The number of nitrogen functional groups attached to an aromatic ring is 1. The zero-order valence-electron chi connectivity index (χ0n) is 11.1. The van der Waals surface area contributed by atoms with Crippen LogP contribution in [-0.4, -0.2) is 9.55 Å². The highest BCUT2D eigenvalue weighted by Crippen LogP contribution is 2.39. The number of imidazole rings is 1. The molecule has 1 saturated carbocycles. The van der Waals surface area contributed by atoms with Gasteiger partial charge in [0.05, 0.1) is 16.6 Å². The predicted octanol–water partition coefficient (Wildman–Crippen LogP) is 4.00. The van der Waals surface area contributed by atoms with Crippen molar-refractivity contribution in [1.29, 1.82) is 0 Å². The maximum absolute atomic E-state index is 12.7. The van der Waals surface area contributed by atoms with E-state index in [1.54, 1.807) is 0 Å². The summed E-state index contributed by atoms with van der Waals surface area (Å²) in [5.74, 6) is 0.829. The second kappa shape index (κ2) is 4.40. The van der Waals surface area contributed by atoms with Crippen LogP contribution in [0.1, 0.15) is 37.8 Å². The Balaban J connectivity index is 2.07. The van der Waals surface area contributed by atoms with Gasteiger partial charge in [-0.15, -0.1) is 0 Å². The highest BCUT2D eigenvalue weighted by molar-refractivity contribution is 5.79. The van der Waals surface area contributed by atoms with Gasteiger partial charge in [-0.05, 0) is 43.9 Å². The van der Waals surface area contributed by atoms with Gasteiger partial charge in [-0.2, -0.15) is 13.2 Å². The van der Waals surface area contributed by atoms with Crippen LogP contribution in [0.5, 0.6) is 0 Å². The number of nitrogens with two attached hydrogens (primary N) is 1. The summed E-state index contributed by atoms with van der Waals surface area (Å²) in [6, 6.07) is 3.80. The Morgan fingerprint density at radius 1 is 1.35 bits per heavy atom. The highest BCUT2D eigenvalue weighted by atomic mass is 19.4. The van der Waals surface area contributed by atoms with E-state index in [0.29, 0.717) is 22.9 Å². The molecule has 1 aliphatic rings. The van der Waals surface area contributed by atoms with Crippen LogP contribution in [0.3, 0.4) is 0 Å². The first-order chi connectivity index (χ1) is 9.38. The molecule has 6 heteroatoms. The molecule has 0 amide bonds. The maximum atomic E-state index is 12.7. The summed E-state index contributed by atoms with van der Waals surface area (Å²) in [6.07, 6.45) is -0.867. The fraction of sp³-hybridized carbons (Fsp3) is 0.500. The minimum Gasteiger partial charge on any atom is -0.369 e. The van der Waals surface area contributed by atoms with Crippen molar-refractivity contribution in [1.82, 2.24) is 9.55 Å². The second-order valence-electron chi connectivity index (χ2n) is 5.47. The zero-order valence-corrected chi connectivity index (χ0v) is 11.1. The third-order valence-corrected chi connectivity index (χ3v) is 4.28. The van der Waals surface area contributed by atoms with Gasteiger partial charge >= 0.3 is 6.18 Å². The van der Waals surface area contributed by atoms with Crippen LogP contribution in [0, 0.1) is 5.92 Å². The largest absolute Gasteiger partial charge is 0.416 e. The topological polar surface area (TPSA) is 43.8 Å². The summed E-state index contributed by atoms with van der Waals surface area (Å²) in [7, 11) is 0. The Labute approximate surface area is 114 Å². The van der Waals surface area contributed by atoms with Gasteiger partial charge in [0.25, 0.3) is 0 Å². The lowest BCUT2D eigenvalue weighted by Crippen LogP contribution is -2.23. The Hall–Kier alpha value is -1.72. The smallest absolute Gasteiger partial charge is 0.369 e. The first-order valence-electron chi connectivity index (χ1n) is 6.72. The van der Waals surface area contributed by atoms with Crippen molar-refractivity contribution >= 4 is 17.0 Å². The van der Waals surface area contributed by atoms with Gasteiger partial charge in [0, 0.05) is 6.04 Å². The summed E-state index contributed by atoms with van der Waals surface area (Å²) in [4.78, 5) is 4.09. The minimum absolute atomic E-state index is 0.172. The van der Waals surface area contributed by atoms with E-state index >= 15 is 0 Å². The number of hydrogen-bond acceptors (Lipinski definition) is 2. The lowest BCUT2D eigenvalue weighted by atomic mass is 9.80. The molecule has 1 aromatic carbocycles. The lowest BCUT2D eigenvalue weighted by molar-refractivity contribution is -0.137. The van der Waals surface area contributed by atoms with Gasteiger partial charge in [-0.25, -0.2) is 4.98 Å². The van der Waals surface area contributed by atoms with Crippen molar-refractivity contribution in [2.24, 2.45) is 5.92 Å². The molecule has 0 aliphatic heterocycles. The number of benzene rings is 1. The van der Waals surface area contributed by atoms with E-state index in [4.69, 9.17) is 5.73 Å². The lowest BCUT2D eigenvalue weighted by Gasteiger charge is -2.33. The quantitative estimate of drug-likeness (QED) is 0.905. The number of aromatic nitrogens is 2. The van der Waals surface area contributed by atoms with Crippen LogP contribution in [0.15, 0.2) is 18.2 Å². The third kappa shape index (κ3) is 2.03. The van der Waals surface area contributed by atoms with Gasteiger partial charge in [0.2, 0.25) is 5.95 Å². The molecular formula is C14H16F3N3. The fourth-order valence-electron chi connectivity index (χ4n) is 2.85. The van der Waals surface area contributed by atoms with E-state index in [2.05, 4.69) is 11.9 Å². The van der Waals surface area contributed by atoms with Gasteiger partial charge in [0.1, 0.15) is 0 Å². The molecule has 1 fully saturated rings. The molecule has 1 atom stereocenters. The van der Waals surface area contributed by atoms with Crippen molar-refractivity contribution < 1.29 is 13.2 Å². The van der Waals surface area contributed by atoms with E-state index in [0.717, 1.165) is 25.0 Å². The van der Waals surface area contributed by atoms with Gasteiger partial charge in [-0.1, -0.05) is 6.42 Å². The van der Waals surface area contributed by atoms with Crippen LogP contribution >= 0.6 is 0 Å². The number of halogens is 3. The second-order valence-corrected chi connectivity index (χ2v) is 5.47. The molecular weight excluding hydrogens is 267 g/mol. The van der Waals surface area contributed by atoms with Crippen molar-refractivity contribution in [2.75, 3.05) is 5.73 Å². The predicted molar refractivity (Wildman–Crippen MR) is 71.2 cm³/mol. The summed E-state index contributed by atoms with van der Waals surface area (Å²) >= 11 is 0. The van der Waals surface area contributed by atoms with Gasteiger partial charge in [0.15, 0.2) is 0 Å². The number of hydrogen-bond donors (Lipinski definition) is 1. The Bertz CT molecular complexity index is 641. The fourth-order valence-corrected chi connectivity index (χ4v) is 2.85. The molecule has 0 saturated heterocycles. The molecule has 3 nitrogen and oxygen atoms in total. The van der Waals surface area contributed by atoms with Crippen molar-refractivity contribution in [3.8, 4) is 0 Å². The Kier molecular flexibility index (Phi) is 2.92. The van der Waals surface area contributed by atoms with Crippen LogP contribution < -0.4 is 5.73 Å². The molecule has 1 aromatic heterocycles. The number of fused-ring (bicyclic) bond motifs is 1. The van der Waals surface area contributed by atoms with Crippen LogP contribution in [0.2, 0.25) is 0 Å². The average Bonchev–Trinajstić information content (AvgIpc) is 2.59. The molecule has 0 radical (unpaired) electrons. The summed E-state index contributed by atoms with van der Waals surface area (Å²) in [6.45, 7) is 2.05. The molecule has 1 aliphatic carbocycles. The van der Waals surface area contributed by atoms with E-state index in [1.165, 1.54) is 12.5 Å². The monoisotopic (exact) mass is 283 g/mol. The minimum atomic E-state index is -4.35. The molecule has 1 unspecified atom stereocenters. The molecule has 0 bridgehead atoms. The average molecular weight is 283 g/mol. The SMILES string of the molecule is CC(C1CCC1)n1c(N)nc2cc(C(F)(F)F)ccc21. The van der Waals surface area contributed by atoms with Crippen LogP contribution in [0.25, 0.3) is 11.0 Å². The number of anilines is 1. The number of alkyl halides is 3. The van der Waals surface area contributed by atoms with E-state index in [-0.39, 0.29) is 6.04 Å². The summed E-state index contributed by atoms with van der Waals surface area (Å²) in [5, 5.41) is 0. The van der Waals surface area contributed by atoms with Crippen molar-refractivity contribution in [3.05, 3.63) is 23.8 Å². The number of rotatable bonds is 2. The Morgan fingerprint density at radius 2 is 2.05 bits per heavy atom. The normalized spacial score (nSPS) is 18.2. The van der Waals surface area contributed by atoms with Crippen LogP contribution in [0.4, 0.5) is 19.1 Å². The van der Waals surface area contributed by atoms with Crippen molar-refractivity contribution in [3.63, 3.8) is 0 Å². The zero-order chi connectivity index (χ0) is 14.5. The molecule has 1 heterocycles. The van der Waals surface area contributed by atoms with Crippen molar-refractivity contribution in [2.45, 2.75) is 38.4 Å². The first-order valence-corrected chi connectivity index (χ1v) is 6.72. The van der Waals surface area contributed by atoms with Gasteiger partial charge < -0.3 is 10.3 Å². The summed E-state index contributed by atoms with van der Waals surface area (Å²) in [5.41, 5.74) is 6.20. The molecule has 108 valence electrons. The third-order valence-electron chi connectivity index (χ3n) is 4.28.